The maximum absolute atomic E-state index is 12.7. The van der Waals surface area contributed by atoms with Crippen LogP contribution in [-0.4, -0.2) is 30.1 Å². The molecule has 1 aromatic heterocycles. The Hall–Kier alpha value is -2.95. The molecule has 0 atom stereocenters. The minimum absolute atomic E-state index is 0.229. The molecule has 0 bridgehead atoms. The van der Waals surface area contributed by atoms with E-state index in [1.807, 2.05) is 6.07 Å². The van der Waals surface area contributed by atoms with Crippen LogP contribution in [0.4, 0.5) is 13.2 Å². The summed E-state index contributed by atoms with van der Waals surface area (Å²) in [6, 6.07) is 10.9. The van der Waals surface area contributed by atoms with Gasteiger partial charge in [0.2, 0.25) is 0 Å². The van der Waals surface area contributed by atoms with Crippen molar-refractivity contribution in [3.63, 3.8) is 0 Å². The molecule has 0 aliphatic rings. The lowest BCUT2D eigenvalue weighted by molar-refractivity contribution is -0.164. The average Bonchev–Trinajstić information content (AvgIpc) is 3.04. The van der Waals surface area contributed by atoms with Crippen LogP contribution in [0.15, 0.2) is 47.1 Å². The van der Waals surface area contributed by atoms with Crippen LogP contribution in [0, 0.1) is 11.3 Å². The molecule has 0 saturated carbocycles. The molecule has 0 aliphatic heterocycles. The van der Waals surface area contributed by atoms with E-state index >= 15 is 0 Å². The van der Waals surface area contributed by atoms with Gasteiger partial charge in [0.05, 0.1) is 24.4 Å². The number of halogens is 3. The summed E-state index contributed by atoms with van der Waals surface area (Å²) in [6.45, 7) is -2.30. The molecule has 1 heterocycles. The second-order valence-electron chi connectivity index (χ2n) is 4.87. The van der Waals surface area contributed by atoms with E-state index in [0.29, 0.717) is 10.5 Å². The summed E-state index contributed by atoms with van der Waals surface area (Å²) in [5.74, 6) is -0.377. The summed E-state index contributed by atoms with van der Waals surface area (Å²) < 4.78 is 48.1. The minimum atomic E-state index is -4.54. The third-order valence-electron chi connectivity index (χ3n) is 2.98. The number of nitrogens with zero attached hydrogens (tertiary/aromatic N) is 2. The molecular formula is C16H13F3N2O3. The molecule has 2 aromatic rings. The van der Waals surface area contributed by atoms with Gasteiger partial charge in [-0.05, 0) is 30.3 Å². The van der Waals surface area contributed by atoms with Gasteiger partial charge in [0.1, 0.15) is 18.1 Å². The first kappa shape index (κ1) is 17.4. The zero-order chi connectivity index (χ0) is 17.6. The fraction of sp³-hybridized carbons (Fsp3) is 0.250. The number of hydrogen-bond acceptors (Lipinski definition) is 4. The second kappa shape index (κ2) is 7.55. The maximum Gasteiger partial charge on any atom is 0.406 e. The Bertz CT molecular complexity index is 721. The van der Waals surface area contributed by atoms with Crippen molar-refractivity contribution in [1.29, 1.82) is 5.26 Å². The molecule has 0 N–H and O–H groups in total. The van der Waals surface area contributed by atoms with Crippen LogP contribution in [0.1, 0.15) is 11.3 Å². The number of hydrogen-bond donors (Lipinski definition) is 0. The number of carbonyl (C=O) groups is 1. The minimum Gasteiger partial charge on any atom is -0.484 e. The van der Waals surface area contributed by atoms with Gasteiger partial charge in [0, 0.05) is 0 Å². The number of carbonyl (C=O) groups excluding carboxylic acids is 1. The molecule has 0 saturated heterocycles. The van der Waals surface area contributed by atoms with Gasteiger partial charge in [-0.15, -0.1) is 0 Å². The molecule has 0 radical (unpaired) electrons. The Morgan fingerprint density at radius 2 is 2.08 bits per heavy atom. The number of benzene rings is 1. The number of nitriles is 1. The van der Waals surface area contributed by atoms with Crippen molar-refractivity contribution in [2.45, 2.75) is 12.7 Å². The van der Waals surface area contributed by atoms with Gasteiger partial charge in [0.15, 0.2) is 6.61 Å². The molecule has 0 aliphatic carbocycles. The number of amides is 1. The number of furan rings is 1. The number of alkyl halides is 3. The number of rotatable bonds is 6. The van der Waals surface area contributed by atoms with Gasteiger partial charge in [-0.1, -0.05) is 6.07 Å². The van der Waals surface area contributed by atoms with E-state index in [9.17, 15) is 18.0 Å². The maximum atomic E-state index is 12.7. The Kier molecular flexibility index (Phi) is 5.47. The van der Waals surface area contributed by atoms with Crippen LogP contribution in [0.5, 0.6) is 5.75 Å². The Morgan fingerprint density at radius 1 is 1.29 bits per heavy atom. The summed E-state index contributed by atoms with van der Waals surface area (Å²) in [7, 11) is 0. The third-order valence-corrected chi connectivity index (χ3v) is 2.98. The first-order chi connectivity index (χ1) is 11.4. The van der Waals surface area contributed by atoms with Crippen molar-refractivity contribution in [1.82, 2.24) is 4.90 Å². The van der Waals surface area contributed by atoms with E-state index in [0.717, 1.165) is 0 Å². The van der Waals surface area contributed by atoms with Crippen molar-refractivity contribution in [3.8, 4) is 11.8 Å². The zero-order valence-corrected chi connectivity index (χ0v) is 12.4. The molecule has 5 nitrogen and oxygen atoms in total. The highest BCUT2D eigenvalue weighted by Crippen LogP contribution is 2.19. The second-order valence-corrected chi connectivity index (χ2v) is 4.87. The summed E-state index contributed by atoms with van der Waals surface area (Å²) in [5, 5.41) is 8.78. The SMILES string of the molecule is N#Cc1cccc(OCC(=O)N(Cc2ccco2)CC(F)(F)F)c1. The van der Waals surface area contributed by atoms with E-state index in [4.69, 9.17) is 14.4 Å². The van der Waals surface area contributed by atoms with E-state index in [1.54, 1.807) is 12.1 Å². The highest BCUT2D eigenvalue weighted by Gasteiger charge is 2.33. The van der Waals surface area contributed by atoms with Crippen LogP contribution in [0.25, 0.3) is 0 Å². The van der Waals surface area contributed by atoms with Crippen LogP contribution < -0.4 is 4.74 Å². The third kappa shape index (κ3) is 5.35. The molecule has 1 aromatic carbocycles. The molecule has 0 fully saturated rings. The lowest BCUT2D eigenvalue weighted by atomic mass is 10.2. The van der Waals surface area contributed by atoms with E-state index in [1.165, 1.54) is 30.5 Å². The fourth-order valence-electron chi connectivity index (χ4n) is 1.93. The van der Waals surface area contributed by atoms with Crippen molar-refractivity contribution in [3.05, 3.63) is 54.0 Å². The predicted molar refractivity (Wildman–Crippen MR) is 76.8 cm³/mol. The highest BCUT2D eigenvalue weighted by atomic mass is 19.4. The molecule has 2 rings (SSSR count). The molecule has 24 heavy (non-hydrogen) atoms. The van der Waals surface area contributed by atoms with Gasteiger partial charge in [-0.2, -0.15) is 18.4 Å². The summed E-state index contributed by atoms with van der Waals surface area (Å²) in [4.78, 5) is 12.7. The fourth-order valence-corrected chi connectivity index (χ4v) is 1.93. The largest absolute Gasteiger partial charge is 0.484 e. The quantitative estimate of drug-likeness (QED) is 0.812. The first-order valence-corrected chi connectivity index (χ1v) is 6.87. The predicted octanol–water partition coefficient (Wildman–Crippen LogP) is 3.12. The Morgan fingerprint density at radius 3 is 2.71 bits per heavy atom. The highest BCUT2D eigenvalue weighted by molar-refractivity contribution is 5.77. The van der Waals surface area contributed by atoms with E-state index < -0.39 is 25.2 Å². The molecular weight excluding hydrogens is 325 g/mol. The summed E-state index contributed by atoms with van der Waals surface area (Å²) in [5.41, 5.74) is 0.322. The van der Waals surface area contributed by atoms with Crippen LogP contribution in [0.2, 0.25) is 0 Å². The Labute approximate surface area is 135 Å². The van der Waals surface area contributed by atoms with Crippen molar-refractivity contribution in [2.24, 2.45) is 0 Å². The van der Waals surface area contributed by atoms with Crippen molar-refractivity contribution < 1.29 is 27.1 Å². The Balaban J connectivity index is 2.02. The van der Waals surface area contributed by atoms with Gasteiger partial charge < -0.3 is 14.1 Å². The van der Waals surface area contributed by atoms with Crippen molar-refractivity contribution in [2.75, 3.05) is 13.2 Å². The first-order valence-electron chi connectivity index (χ1n) is 6.87. The van der Waals surface area contributed by atoms with Gasteiger partial charge in [0.25, 0.3) is 5.91 Å². The zero-order valence-electron chi connectivity index (χ0n) is 12.4. The van der Waals surface area contributed by atoms with E-state index in [-0.39, 0.29) is 18.1 Å². The van der Waals surface area contributed by atoms with Gasteiger partial charge in [-0.3, -0.25) is 4.79 Å². The molecule has 0 unspecified atom stereocenters. The summed E-state index contributed by atoms with van der Waals surface area (Å²) in [6.07, 6.45) is -3.22. The van der Waals surface area contributed by atoms with Crippen LogP contribution in [0.3, 0.4) is 0 Å². The summed E-state index contributed by atoms with van der Waals surface area (Å²) >= 11 is 0. The standard InChI is InChI=1S/C16H13F3N2O3/c17-16(18,19)11-21(9-14-5-2-6-23-14)15(22)10-24-13-4-1-3-12(7-13)8-20/h1-7H,9-11H2. The van der Waals surface area contributed by atoms with Crippen LogP contribution >= 0.6 is 0 Å². The average molecular weight is 338 g/mol. The van der Waals surface area contributed by atoms with Crippen molar-refractivity contribution >= 4 is 5.91 Å². The normalized spacial score (nSPS) is 10.9. The molecule has 0 spiro atoms. The van der Waals surface area contributed by atoms with Gasteiger partial charge >= 0.3 is 6.18 Å². The van der Waals surface area contributed by atoms with Crippen LogP contribution in [-0.2, 0) is 11.3 Å². The molecule has 126 valence electrons. The van der Waals surface area contributed by atoms with E-state index in [2.05, 4.69) is 0 Å². The van der Waals surface area contributed by atoms with Gasteiger partial charge in [-0.25, -0.2) is 0 Å². The topological polar surface area (TPSA) is 66.5 Å². The molecule has 8 heteroatoms. The smallest absolute Gasteiger partial charge is 0.406 e. The molecule has 1 amide bonds. The number of ether oxygens (including phenoxy) is 1. The monoisotopic (exact) mass is 338 g/mol. The lowest BCUT2D eigenvalue weighted by Gasteiger charge is -2.23. The lowest BCUT2D eigenvalue weighted by Crippen LogP contribution is -2.40.